The fraction of sp³-hybridized carbons (Fsp3) is 0.160. The van der Waals surface area contributed by atoms with E-state index in [-0.39, 0.29) is 12.5 Å². The van der Waals surface area contributed by atoms with Crippen LogP contribution in [0.25, 0.3) is 22.8 Å². The first kappa shape index (κ1) is 21.1. The molecule has 3 aromatic carbocycles. The normalized spacial score (nSPS) is 10.6. The fourth-order valence-electron chi connectivity index (χ4n) is 3.18. The largest absolute Gasteiger partial charge is 0.493 e. The Labute approximate surface area is 186 Å². The van der Waals surface area contributed by atoms with Crippen molar-refractivity contribution in [2.24, 2.45) is 0 Å². The quantitative estimate of drug-likeness (QED) is 0.446. The predicted molar refractivity (Wildman–Crippen MR) is 120 cm³/mol. The van der Waals surface area contributed by atoms with Crippen LogP contribution in [0, 0.1) is 6.92 Å². The van der Waals surface area contributed by atoms with Gasteiger partial charge < -0.3 is 19.3 Å². The molecule has 7 heteroatoms. The monoisotopic (exact) mass is 429 g/mol. The lowest BCUT2D eigenvalue weighted by Crippen LogP contribution is -2.28. The third kappa shape index (κ3) is 4.95. The maximum atomic E-state index is 12.1. The average Bonchev–Trinajstić information content (AvgIpc) is 3.32. The van der Waals surface area contributed by atoms with Gasteiger partial charge in [-0.05, 0) is 42.3 Å². The molecule has 0 saturated heterocycles. The molecule has 0 aliphatic carbocycles. The van der Waals surface area contributed by atoms with E-state index in [1.165, 1.54) is 7.11 Å². The van der Waals surface area contributed by atoms with Gasteiger partial charge in [0, 0.05) is 17.7 Å². The van der Waals surface area contributed by atoms with E-state index in [0.29, 0.717) is 35.3 Å². The molecule has 1 heterocycles. The van der Waals surface area contributed by atoms with Crippen LogP contribution in [0.4, 0.5) is 0 Å². The summed E-state index contributed by atoms with van der Waals surface area (Å²) in [5.74, 6) is 1.59. The van der Waals surface area contributed by atoms with Gasteiger partial charge in [-0.15, -0.1) is 0 Å². The molecule has 32 heavy (non-hydrogen) atoms. The lowest BCUT2D eigenvalue weighted by molar-refractivity contribution is -0.123. The van der Waals surface area contributed by atoms with Crippen LogP contribution in [0.2, 0.25) is 0 Å². The summed E-state index contributed by atoms with van der Waals surface area (Å²) in [4.78, 5) is 16.6. The number of aryl methyl sites for hydroxylation is 1. The molecule has 1 N–H and O–H groups in total. The highest BCUT2D eigenvalue weighted by Gasteiger charge is 2.15. The number of nitrogens with one attached hydrogen (secondary N) is 1. The lowest BCUT2D eigenvalue weighted by atomic mass is 10.1. The van der Waals surface area contributed by atoms with Gasteiger partial charge in [0.1, 0.15) is 0 Å². The second kappa shape index (κ2) is 9.78. The zero-order valence-corrected chi connectivity index (χ0v) is 17.9. The molecule has 0 radical (unpaired) electrons. The molecule has 0 aliphatic heterocycles. The van der Waals surface area contributed by atoms with Crippen LogP contribution >= 0.6 is 0 Å². The van der Waals surface area contributed by atoms with Crippen molar-refractivity contribution in [3.8, 4) is 34.3 Å². The summed E-state index contributed by atoms with van der Waals surface area (Å²) in [6.07, 6.45) is 0. The van der Waals surface area contributed by atoms with E-state index in [4.69, 9.17) is 14.0 Å². The molecular formula is C25H23N3O4. The first-order valence-corrected chi connectivity index (χ1v) is 10.2. The Hall–Kier alpha value is -4.13. The van der Waals surface area contributed by atoms with Crippen LogP contribution in [0.15, 0.2) is 77.3 Å². The summed E-state index contributed by atoms with van der Waals surface area (Å²) >= 11 is 0. The number of benzene rings is 3. The van der Waals surface area contributed by atoms with Crippen LogP contribution in [-0.4, -0.2) is 29.8 Å². The van der Waals surface area contributed by atoms with Crippen LogP contribution in [0.5, 0.6) is 11.5 Å². The number of amides is 1. The standard InChI is InChI=1S/C25H23N3O4/c1-17-8-6-7-11-20(17)25-27-24(28-32-25)19-12-13-21(22(14-19)30-2)31-16-23(29)26-15-18-9-4-3-5-10-18/h3-14H,15-16H2,1-2H3,(H,26,29). The molecule has 4 aromatic rings. The van der Waals surface area contributed by atoms with E-state index in [1.807, 2.05) is 61.5 Å². The second-order valence-electron chi connectivity index (χ2n) is 7.15. The van der Waals surface area contributed by atoms with Crippen molar-refractivity contribution in [1.29, 1.82) is 0 Å². The van der Waals surface area contributed by atoms with Gasteiger partial charge in [0.2, 0.25) is 5.82 Å². The summed E-state index contributed by atoms with van der Waals surface area (Å²) in [6, 6.07) is 22.8. The maximum absolute atomic E-state index is 12.1. The number of carbonyl (C=O) groups excluding carboxylic acids is 1. The zero-order chi connectivity index (χ0) is 22.3. The van der Waals surface area contributed by atoms with Crippen molar-refractivity contribution < 1.29 is 18.8 Å². The van der Waals surface area contributed by atoms with E-state index in [1.54, 1.807) is 18.2 Å². The van der Waals surface area contributed by atoms with Crippen molar-refractivity contribution in [2.75, 3.05) is 13.7 Å². The minimum absolute atomic E-state index is 0.123. The van der Waals surface area contributed by atoms with E-state index in [0.717, 1.165) is 16.7 Å². The van der Waals surface area contributed by atoms with Crippen molar-refractivity contribution >= 4 is 5.91 Å². The molecule has 0 saturated carbocycles. The van der Waals surface area contributed by atoms with Crippen LogP contribution in [-0.2, 0) is 11.3 Å². The topological polar surface area (TPSA) is 86.5 Å². The molecule has 1 amide bonds. The number of methoxy groups -OCH3 is 1. The number of hydrogen-bond acceptors (Lipinski definition) is 6. The van der Waals surface area contributed by atoms with Crippen LogP contribution in [0.3, 0.4) is 0 Å². The van der Waals surface area contributed by atoms with Gasteiger partial charge in [-0.3, -0.25) is 4.79 Å². The minimum Gasteiger partial charge on any atom is -0.493 e. The van der Waals surface area contributed by atoms with Crippen LogP contribution in [0.1, 0.15) is 11.1 Å². The number of hydrogen-bond donors (Lipinski definition) is 1. The van der Waals surface area contributed by atoms with Gasteiger partial charge in [-0.1, -0.05) is 53.7 Å². The number of ether oxygens (including phenoxy) is 2. The predicted octanol–water partition coefficient (Wildman–Crippen LogP) is 4.42. The summed E-state index contributed by atoms with van der Waals surface area (Å²) in [5.41, 5.74) is 3.67. The third-order valence-electron chi connectivity index (χ3n) is 4.91. The summed E-state index contributed by atoms with van der Waals surface area (Å²) in [7, 11) is 1.54. The van der Waals surface area contributed by atoms with Gasteiger partial charge in [-0.25, -0.2) is 0 Å². The van der Waals surface area contributed by atoms with E-state index in [9.17, 15) is 4.79 Å². The average molecular weight is 429 g/mol. The highest BCUT2D eigenvalue weighted by molar-refractivity contribution is 5.77. The molecule has 0 unspecified atom stereocenters. The second-order valence-corrected chi connectivity index (χ2v) is 7.15. The molecule has 0 spiro atoms. The lowest BCUT2D eigenvalue weighted by Gasteiger charge is -2.11. The SMILES string of the molecule is COc1cc(-c2noc(-c3ccccc3C)n2)ccc1OCC(=O)NCc1ccccc1. The minimum atomic E-state index is -0.221. The highest BCUT2D eigenvalue weighted by Crippen LogP contribution is 2.32. The van der Waals surface area contributed by atoms with Crippen LogP contribution < -0.4 is 14.8 Å². The Morgan fingerprint density at radius 1 is 1.00 bits per heavy atom. The van der Waals surface area contributed by atoms with Gasteiger partial charge in [0.05, 0.1) is 7.11 Å². The molecule has 0 fully saturated rings. The van der Waals surface area contributed by atoms with Crippen molar-refractivity contribution in [3.05, 3.63) is 83.9 Å². The Balaban J connectivity index is 1.42. The molecule has 0 aliphatic rings. The van der Waals surface area contributed by atoms with Crippen molar-refractivity contribution in [2.45, 2.75) is 13.5 Å². The summed E-state index contributed by atoms with van der Waals surface area (Å²) in [6.45, 7) is 2.31. The Bertz CT molecular complexity index is 1200. The number of nitrogens with zero attached hydrogens (tertiary/aromatic N) is 2. The molecule has 162 valence electrons. The molecule has 0 atom stereocenters. The van der Waals surface area contributed by atoms with E-state index >= 15 is 0 Å². The summed E-state index contributed by atoms with van der Waals surface area (Å²) < 4.78 is 16.5. The smallest absolute Gasteiger partial charge is 0.258 e. The van der Waals surface area contributed by atoms with Gasteiger partial charge in [0.25, 0.3) is 11.8 Å². The molecule has 0 bridgehead atoms. The molecule has 4 rings (SSSR count). The van der Waals surface area contributed by atoms with Gasteiger partial charge in [0.15, 0.2) is 18.1 Å². The number of rotatable bonds is 8. The van der Waals surface area contributed by atoms with E-state index in [2.05, 4.69) is 15.5 Å². The van der Waals surface area contributed by atoms with Gasteiger partial charge >= 0.3 is 0 Å². The summed E-state index contributed by atoms with van der Waals surface area (Å²) in [5, 5.41) is 6.92. The Morgan fingerprint density at radius 3 is 2.56 bits per heavy atom. The molecule has 1 aromatic heterocycles. The first-order chi connectivity index (χ1) is 15.6. The van der Waals surface area contributed by atoms with Crippen molar-refractivity contribution in [3.63, 3.8) is 0 Å². The molecule has 7 nitrogen and oxygen atoms in total. The first-order valence-electron chi connectivity index (χ1n) is 10.2. The van der Waals surface area contributed by atoms with E-state index < -0.39 is 0 Å². The third-order valence-corrected chi connectivity index (χ3v) is 4.91. The zero-order valence-electron chi connectivity index (χ0n) is 17.9. The fourth-order valence-corrected chi connectivity index (χ4v) is 3.18. The highest BCUT2D eigenvalue weighted by atomic mass is 16.5. The number of aromatic nitrogens is 2. The molecular weight excluding hydrogens is 406 g/mol. The Kier molecular flexibility index (Phi) is 6.46. The van der Waals surface area contributed by atoms with Crippen molar-refractivity contribution in [1.82, 2.24) is 15.5 Å². The Morgan fingerprint density at radius 2 is 1.78 bits per heavy atom. The van der Waals surface area contributed by atoms with Gasteiger partial charge in [-0.2, -0.15) is 4.98 Å². The maximum Gasteiger partial charge on any atom is 0.258 e. The number of carbonyl (C=O) groups is 1.